The van der Waals surface area contributed by atoms with Crippen LogP contribution in [0.4, 0.5) is 0 Å². The van der Waals surface area contributed by atoms with Gasteiger partial charge in [0.05, 0.1) is 6.04 Å². The van der Waals surface area contributed by atoms with Crippen molar-refractivity contribution in [3.05, 3.63) is 71.8 Å². The van der Waals surface area contributed by atoms with E-state index >= 15 is 0 Å². The molecule has 23 heavy (non-hydrogen) atoms. The SMILES string of the molecule is CCC(NC(=O)C(=O)N(C)Cc1ccccc1)c1ccccc1. The van der Waals surface area contributed by atoms with Gasteiger partial charge in [0.1, 0.15) is 0 Å². The molecule has 0 aliphatic heterocycles. The fraction of sp³-hybridized carbons (Fsp3) is 0.263. The Bertz CT molecular complexity index is 641. The van der Waals surface area contributed by atoms with Crippen molar-refractivity contribution >= 4 is 11.8 Å². The molecular formula is C19H22N2O2. The summed E-state index contributed by atoms with van der Waals surface area (Å²) in [6, 6.07) is 19.1. The second kappa shape index (κ2) is 8.13. The Morgan fingerprint density at radius 2 is 1.57 bits per heavy atom. The van der Waals surface area contributed by atoms with Crippen molar-refractivity contribution in [3.63, 3.8) is 0 Å². The molecule has 0 aliphatic rings. The Hall–Kier alpha value is -2.62. The predicted octanol–water partition coefficient (Wildman–Crippen LogP) is 2.91. The summed E-state index contributed by atoms with van der Waals surface area (Å²) >= 11 is 0. The van der Waals surface area contributed by atoms with Crippen molar-refractivity contribution in [2.24, 2.45) is 0 Å². The van der Waals surface area contributed by atoms with E-state index in [9.17, 15) is 9.59 Å². The summed E-state index contributed by atoms with van der Waals surface area (Å²) in [6.45, 7) is 2.39. The molecule has 0 bridgehead atoms. The van der Waals surface area contributed by atoms with Gasteiger partial charge < -0.3 is 10.2 Å². The van der Waals surface area contributed by atoms with E-state index in [1.54, 1.807) is 7.05 Å². The first-order valence-electron chi connectivity index (χ1n) is 7.76. The summed E-state index contributed by atoms with van der Waals surface area (Å²) in [7, 11) is 1.64. The molecule has 120 valence electrons. The maximum atomic E-state index is 12.2. The topological polar surface area (TPSA) is 49.4 Å². The average Bonchev–Trinajstić information content (AvgIpc) is 2.60. The highest BCUT2D eigenvalue weighted by atomic mass is 16.2. The first kappa shape index (κ1) is 16.7. The van der Waals surface area contributed by atoms with Gasteiger partial charge in [-0.25, -0.2) is 0 Å². The van der Waals surface area contributed by atoms with Crippen LogP contribution in [0, 0.1) is 0 Å². The van der Waals surface area contributed by atoms with Gasteiger partial charge in [-0.2, -0.15) is 0 Å². The van der Waals surface area contributed by atoms with Crippen LogP contribution < -0.4 is 5.32 Å². The van der Waals surface area contributed by atoms with Crippen molar-refractivity contribution in [2.75, 3.05) is 7.05 Å². The van der Waals surface area contributed by atoms with E-state index in [1.165, 1.54) is 4.90 Å². The number of rotatable bonds is 5. The normalized spacial score (nSPS) is 11.6. The van der Waals surface area contributed by atoms with Gasteiger partial charge in [-0.05, 0) is 17.5 Å². The Labute approximate surface area is 137 Å². The van der Waals surface area contributed by atoms with Crippen LogP contribution in [-0.2, 0) is 16.1 Å². The Morgan fingerprint density at radius 3 is 2.13 bits per heavy atom. The van der Waals surface area contributed by atoms with Gasteiger partial charge in [0.2, 0.25) is 0 Å². The number of hydrogen-bond acceptors (Lipinski definition) is 2. The molecule has 0 fully saturated rings. The minimum atomic E-state index is -0.570. The zero-order chi connectivity index (χ0) is 16.7. The minimum absolute atomic E-state index is 0.155. The summed E-state index contributed by atoms with van der Waals surface area (Å²) in [5.41, 5.74) is 1.99. The molecule has 1 unspecified atom stereocenters. The lowest BCUT2D eigenvalue weighted by Crippen LogP contribution is -2.42. The third kappa shape index (κ3) is 4.68. The highest BCUT2D eigenvalue weighted by Crippen LogP contribution is 2.15. The third-order valence-electron chi connectivity index (χ3n) is 3.72. The number of nitrogens with one attached hydrogen (secondary N) is 1. The first-order valence-corrected chi connectivity index (χ1v) is 7.76. The number of carbonyl (C=O) groups excluding carboxylic acids is 2. The number of carbonyl (C=O) groups is 2. The molecule has 1 N–H and O–H groups in total. The average molecular weight is 310 g/mol. The van der Waals surface area contributed by atoms with Gasteiger partial charge in [-0.15, -0.1) is 0 Å². The van der Waals surface area contributed by atoms with Crippen LogP contribution in [0.15, 0.2) is 60.7 Å². The monoisotopic (exact) mass is 310 g/mol. The second-order valence-corrected chi connectivity index (χ2v) is 5.49. The van der Waals surface area contributed by atoms with Crippen molar-refractivity contribution < 1.29 is 9.59 Å². The van der Waals surface area contributed by atoms with E-state index in [1.807, 2.05) is 67.6 Å². The second-order valence-electron chi connectivity index (χ2n) is 5.49. The van der Waals surface area contributed by atoms with Gasteiger partial charge in [-0.3, -0.25) is 9.59 Å². The van der Waals surface area contributed by atoms with Gasteiger partial charge in [0.25, 0.3) is 0 Å². The largest absolute Gasteiger partial charge is 0.341 e. The molecule has 4 heteroatoms. The van der Waals surface area contributed by atoms with E-state index in [0.717, 1.165) is 17.5 Å². The smallest absolute Gasteiger partial charge is 0.311 e. The fourth-order valence-corrected chi connectivity index (χ4v) is 2.43. The highest BCUT2D eigenvalue weighted by molar-refractivity contribution is 6.34. The molecule has 2 rings (SSSR count). The van der Waals surface area contributed by atoms with E-state index in [2.05, 4.69) is 5.32 Å². The van der Waals surface area contributed by atoms with Crippen LogP contribution in [0.2, 0.25) is 0 Å². The van der Waals surface area contributed by atoms with Gasteiger partial charge in [-0.1, -0.05) is 67.6 Å². The van der Waals surface area contributed by atoms with E-state index < -0.39 is 11.8 Å². The molecule has 1 atom stereocenters. The van der Waals surface area contributed by atoms with Crippen LogP contribution >= 0.6 is 0 Å². The molecule has 0 aliphatic carbocycles. The van der Waals surface area contributed by atoms with Gasteiger partial charge >= 0.3 is 11.8 Å². The van der Waals surface area contributed by atoms with Crippen molar-refractivity contribution in [2.45, 2.75) is 25.9 Å². The van der Waals surface area contributed by atoms with Crippen LogP contribution in [0.3, 0.4) is 0 Å². The number of amides is 2. The molecule has 4 nitrogen and oxygen atoms in total. The Kier molecular flexibility index (Phi) is 5.92. The van der Waals surface area contributed by atoms with E-state index in [-0.39, 0.29) is 6.04 Å². The maximum Gasteiger partial charge on any atom is 0.311 e. The molecular weight excluding hydrogens is 288 g/mol. The third-order valence-corrected chi connectivity index (χ3v) is 3.72. The number of likely N-dealkylation sites (N-methyl/N-ethyl adjacent to an activating group) is 1. The molecule has 0 spiro atoms. The standard InChI is InChI=1S/C19H22N2O2/c1-3-17(16-12-8-5-9-13-16)20-18(22)19(23)21(2)14-15-10-6-4-7-11-15/h4-13,17H,3,14H2,1-2H3,(H,20,22). The zero-order valence-electron chi connectivity index (χ0n) is 13.5. The lowest BCUT2D eigenvalue weighted by Gasteiger charge is -2.20. The summed E-state index contributed by atoms with van der Waals surface area (Å²) in [6.07, 6.45) is 0.728. The summed E-state index contributed by atoms with van der Waals surface area (Å²) in [5.74, 6) is -1.10. The van der Waals surface area contributed by atoms with Gasteiger partial charge in [0, 0.05) is 13.6 Å². The lowest BCUT2D eigenvalue weighted by molar-refractivity contribution is -0.145. The summed E-state index contributed by atoms with van der Waals surface area (Å²) in [4.78, 5) is 25.9. The molecule has 0 saturated carbocycles. The Morgan fingerprint density at radius 1 is 1.00 bits per heavy atom. The quantitative estimate of drug-likeness (QED) is 0.863. The van der Waals surface area contributed by atoms with E-state index in [0.29, 0.717) is 6.54 Å². The molecule has 0 heterocycles. The minimum Gasteiger partial charge on any atom is -0.341 e. The molecule has 2 amide bonds. The van der Waals surface area contributed by atoms with Crippen molar-refractivity contribution in [1.82, 2.24) is 10.2 Å². The maximum absolute atomic E-state index is 12.2. The van der Waals surface area contributed by atoms with Crippen LogP contribution in [0.25, 0.3) is 0 Å². The zero-order valence-corrected chi connectivity index (χ0v) is 13.5. The molecule has 0 radical (unpaired) electrons. The van der Waals surface area contributed by atoms with Crippen LogP contribution in [0.1, 0.15) is 30.5 Å². The molecule has 2 aromatic rings. The predicted molar refractivity (Wildman–Crippen MR) is 90.5 cm³/mol. The van der Waals surface area contributed by atoms with Crippen LogP contribution in [-0.4, -0.2) is 23.8 Å². The molecule has 0 aromatic heterocycles. The lowest BCUT2D eigenvalue weighted by atomic mass is 10.0. The van der Waals surface area contributed by atoms with Crippen molar-refractivity contribution in [3.8, 4) is 0 Å². The number of benzene rings is 2. The molecule has 2 aromatic carbocycles. The molecule has 0 saturated heterocycles. The number of hydrogen-bond donors (Lipinski definition) is 1. The number of nitrogens with zero attached hydrogens (tertiary/aromatic N) is 1. The summed E-state index contributed by atoms with van der Waals surface area (Å²) in [5, 5.41) is 2.82. The highest BCUT2D eigenvalue weighted by Gasteiger charge is 2.22. The fourth-order valence-electron chi connectivity index (χ4n) is 2.43. The van der Waals surface area contributed by atoms with Crippen molar-refractivity contribution in [1.29, 1.82) is 0 Å². The van der Waals surface area contributed by atoms with Crippen LogP contribution in [0.5, 0.6) is 0 Å². The first-order chi connectivity index (χ1) is 11.1. The van der Waals surface area contributed by atoms with Gasteiger partial charge in [0.15, 0.2) is 0 Å². The Balaban J connectivity index is 1.97. The van der Waals surface area contributed by atoms with E-state index in [4.69, 9.17) is 0 Å². The summed E-state index contributed by atoms with van der Waals surface area (Å²) < 4.78 is 0.